The lowest BCUT2D eigenvalue weighted by molar-refractivity contribution is -0.120. The van der Waals surface area contributed by atoms with Gasteiger partial charge in [0.05, 0.1) is 17.1 Å². The molecule has 6 nitrogen and oxygen atoms in total. The van der Waals surface area contributed by atoms with Gasteiger partial charge in [-0.1, -0.05) is 12.1 Å². The molecule has 0 aliphatic rings. The monoisotopic (exact) mass is 359 g/mol. The Morgan fingerprint density at radius 1 is 1.09 bits per heavy atom. The van der Waals surface area contributed by atoms with Crippen LogP contribution in [0.15, 0.2) is 29.2 Å². The normalized spacial score (nSPS) is 14.4. The van der Waals surface area contributed by atoms with E-state index < -0.39 is 42.1 Å². The quantitative estimate of drug-likeness (QED) is 0.870. The fourth-order valence-electron chi connectivity index (χ4n) is 1.49. The molecule has 1 aromatic carbocycles. The SMILES string of the molecule is CC(C(=O)NS(C)(=O)=O)c1ccc(S(=O)(=O)C(F)(F)F)cc1. The summed E-state index contributed by atoms with van der Waals surface area (Å²) >= 11 is 0. The molecule has 0 radical (unpaired) electrons. The van der Waals surface area contributed by atoms with Gasteiger partial charge in [0.2, 0.25) is 15.9 Å². The van der Waals surface area contributed by atoms with Gasteiger partial charge < -0.3 is 0 Å². The predicted molar refractivity (Wildman–Crippen MR) is 71.1 cm³/mol. The summed E-state index contributed by atoms with van der Waals surface area (Å²) in [5.41, 5.74) is -5.25. The van der Waals surface area contributed by atoms with Gasteiger partial charge >= 0.3 is 5.51 Å². The number of sulfone groups is 1. The molecule has 1 N–H and O–H groups in total. The third kappa shape index (κ3) is 4.19. The van der Waals surface area contributed by atoms with Crippen molar-refractivity contribution < 1.29 is 34.8 Å². The molecule has 0 bridgehead atoms. The first-order chi connectivity index (χ1) is 9.75. The van der Waals surface area contributed by atoms with Gasteiger partial charge in [-0.2, -0.15) is 13.2 Å². The van der Waals surface area contributed by atoms with Crippen molar-refractivity contribution in [1.82, 2.24) is 4.72 Å². The van der Waals surface area contributed by atoms with E-state index in [9.17, 15) is 34.8 Å². The molecule has 0 aliphatic heterocycles. The van der Waals surface area contributed by atoms with Gasteiger partial charge in [-0.3, -0.25) is 9.52 Å². The minimum Gasteiger partial charge on any atom is -0.273 e. The zero-order valence-corrected chi connectivity index (χ0v) is 13.0. The summed E-state index contributed by atoms with van der Waals surface area (Å²) in [6, 6.07) is 3.46. The van der Waals surface area contributed by atoms with Crippen molar-refractivity contribution in [2.24, 2.45) is 0 Å². The van der Waals surface area contributed by atoms with Gasteiger partial charge in [-0.05, 0) is 24.6 Å². The minimum atomic E-state index is -5.46. The van der Waals surface area contributed by atoms with Gasteiger partial charge in [0.25, 0.3) is 9.84 Å². The van der Waals surface area contributed by atoms with Crippen molar-refractivity contribution in [3.63, 3.8) is 0 Å². The van der Waals surface area contributed by atoms with E-state index in [0.717, 1.165) is 18.4 Å². The van der Waals surface area contributed by atoms with E-state index in [0.29, 0.717) is 12.1 Å². The Kier molecular flexibility index (Phi) is 4.92. The average molecular weight is 359 g/mol. The van der Waals surface area contributed by atoms with Crippen LogP contribution >= 0.6 is 0 Å². The largest absolute Gasteiger partial charge is 0.501 e. The Labute approximate surface area is 125 Å². The van der Waals surface area contributed by atoms with Crippen LogP contribution in [0.25, 0.3) is 0 Å². The highest BCUT2D eigenvalue weighted by Crippen LogP contribution is 2.30. The van der Waals surface area contributed by atoms with E-state index in [4.69, 9.17) is 0 Å². The minimum absolute atomic E-state index is 0.169. The van der Waals surface area contributed by atoms with Crippen LogP contribution < -0.4 is 4.72 Å². The van der Waals surface area contributed by atoms with Crippen molar-refractivity contribution in [2.75, 3.05) is 6.26 Å². The highest BCUT2D eigenvalue weighted by molar-refractivity contribution is 7.92. The first kappa shape index (κ1) is 18.4. The second-order valence-corrected chi connectivity index (χ2v) is 8.17. The second kappa shape index (κ2) is 5.88. The van der Waals surface area contributed by atoms with Crippen molar-refractivity contribution in [2.45, 2.75) is 23.2 Å². The molecule has 1 rings (SSSR count). The average Bonchev–Trinajstić information content (AvgIpc) is 2.34. The highest BCUT2D eigenvalue weighted by Gasteiger charge is 2.46. The summed E-state index contributed by atoms with van der Waals surface area (Å²) in [6.07, 6.45) is 0.774. The number of sulfonamides is 1. The van der Waals surface area contributed by atoms with Crippen molar-refractivity contribution in [3.8, 4) is 0 Å². The highest BCUT2D eigenvalue weighted by atomic mass is 32.2. The van der Waals surface area contributed by atoms with Gasteiger partial charge in [-0.15, -0.1) is 0 Å². The lowest BCUT2D eigenvalue weighted by Crippen LogP contribution is -2.32. The fourth-order valence-corrected chi connectivity index (χ4v) is 2.80. The van der Waals surface area contributed by atoms with Gasteiger partial charge in [0.1, 0.15) is 0 Å². The van der Waals surface area contributed by atoms with Crippen LogP contribution in [0.4, 0.5) is 13.2 Å². The molecule has 22 heavy (non-hydrogen) atoms. The summed E-state index contributed by atoms with van der Waals surface area (Å²) < 4.78 is 83.1. The number of carbonyl (C=O) groups is 1. The molecule has 0 aromatic heterocycles. The molecule has 0 heterocycles. The van der Waals surface area contributed by atoms with Crippen LogP contribution in [0.5, 0.6) is 0 Å². The van der Waals surface area contributed by atoms with Gasteiger partial charge in [0.15, 0.2) is 0 Å². The molecule has 0 aliphatic carbocycles. The Morgan fingerprint density at radius 3 is 1.91 bits per heavy atom. The first-order valence-corrected chi connectivity index (χ1v) is 9.06. The molecule has 1 atom stereocenters. The zero-order chi connectivity index (χ0) is 17.3. The number of benzene rings is 1. The number of carbonyl (C=O) groups excluding carboxylic acids is 1. The van der Waals surface area contributed by atoms with Crippen LogP contribution in [0, 0.1) is 0 Å². The number of alkyl halides is 3. The Hall–Kier alpha value is -1.62. The molecule has 0 saturated carbocycles. The van der Waals surface area contributed by atoms with E-state index in [1.807, 2.05) is 0 Å². The lowest BCUT2D eigenvalue weighted by Gasteiger charge is -2.13. The summed E-state index contributed by atoms with van der Waals surface area (Å²) in [7, 11) is -9.24. The third-order valence-corrected chi connectivity index (χ3v) is 4.75. The maximum absolute atomic E-state index is 12.4. The molecular formula is C11H12F3NO5S2. The molecule has 11 heteroatoms. The van der Waals surface area contributed by atoms with Crippen molar-refractivity contribution >= 4 is 25.8 Å². The summed E-state index contributed by atoms with van der Waals surface area (Å²) in [5.74, 6) is -1.87. The number of amides is 1. The van der Waals surface area contributed by atoms with E-state index in [1.165, 1.54) is 6.92 Å². The van der Waals surface area contributed by atoms with Gasteiger partial charge in [-0.25, -0.2) is 16.8 Å². The maximum Gasteiger partial charge on any atom is 0.501 e. The molecule has 124 valence electrons. The van der Waals surface area contributed by atoms with E-state index in [2.05, 4.69) is 0 Å². The number of halogens is 3. The number of hydrogen-bond acceptors (Lipinski definition) is 5. The van der Waals surface area contributed by atoms with E-state index in [1.54, 1.807) is 4.72 Å². The molecule has 1 amide bonds. The summed E-state index contributed by atoms with van der Waals surface area (Å²) in [6.45, 7) is 1.33. The number of nitrogens with one attached hydrogen (secondary N) is 1. The van der Waals surface area contributed by atoms with Crippen molar-refractivity contribution in [1.29, 1.82) is 0 Å². The Balaban J connectivity index is 3.06. The smallest absolute Gasteiger partial charge is 0.273 e. The molecule has 0 spiro atoms. The molecule has 0 saturated heterocycles. The first-order valence-electron chi connectivity index (χ1n) is 5.68. The predicted octanol–water partition coefficient (Wildman–Crippen LogP) is 1.16. The van der Waals surface area contributed by atoms with E-state index in [-0.39, 0.29) is 5.56 Å². The number of rotatable bonds is 4. The number of hydrogen-bond donors (Lipinski definition) is 1. The second-order valence-electron chi connectivity index (χ2n) is 4.48. The van der Waals surface area contributed by atoms with Crippen LogP contribution in [0.2, 0.25) is 0 Å². The van der Waals surface area contributed by atoms with Crippen LogP contribution in [-0.4, -0.2) is 34.5 Å². The third-order valence-electron chi connectivity index (χ3n) is 2.67. The Bertz CT molecular complexity index is 767. The molecule has 1 aromatic rings. The van der Waals surface area contributed by atoms with Crippen LogP contribution in [-0.2, 0) is 24.7 Å². The molecule has 1 unspecified atom stereocenters. The lowest BCUT2D eigenvalue weighted by atomic mass is 10.0. The van der Waals surface area contributed by atoms with Crippen molar-refractivity contribution in [3.05, 3.63) is 29.8 Å². The molecule has 0 fully saturated rings. The van der Waals surface area contributed by atoms with Crippen LogP contribution in [0.1, 0.15) is 18.4 Å². The summed E-state index contributed by atoms with van der Waals surface area (Å²) in [4.78, 5) is 10.7. The zero-order valence-electron chi connectivity index (χ0n) is 11.4. The topological polar surface area (TPSA) is 97.4 Å². The van der Waals surface area contributed by atoms with Crippen LogP contribution in [0.3, 0.4) is 0 Å². The van der Waals surface area contributed by atoms with Gasteiger partial charge in [0, 0.05) is 0 Å². The van der Waals surface area contributed by atoms with E-state index >= 15 is 0 Å². The molecular weight excluding hydrogens is 347 g/mol. The summed E-state index contributed by atoms with van der Waals surface area (Å²) in [5, 5.41) is 0. The fraction of sp³-hybridized carbons (Fsp3) is 0.364. The maximum atomic E-state index is 12.4. The Morgan fingerprint density at radius 2 is 1.55 bits per heavy atom. The standard InChI is InChI=1S/C11H12F3NO5S2/c1-7(10(16)15-21(2,17)18)8-3-5-9(6-4-8)22(19,20)11(12,13)14/h3-7H,1-2H3,(H,15,16).